The average molecular weight is 309 g/mol. The van der Waals surface area contributed by atoms with Crippen molar-refractivity contribution in [3.63, 3.8) is 0 Å². The summed E-state index contributed by atoms with van der Waals surface area (Å²) in [6.07, 6.45) is 6.33. The summed E-state index contributed by atoms with van der Waals surface area (Å²) in [5, 5.41) is 6.62. The molecule has 0 saturated carbocycles. The van der Waals surface area contributed by atoms with Crippen LogP contribution in [0, 0.1) is 5.41 Å². The molecule has 0 atom stereocenters. The minimum Gasteiger partial charge on any atom is -0.351 e. The van der Waals surface area contributed by atoms with E-state index < -0.39 is 0 Å². The Morgan fingerprint density at radius 1 is 1.18 bits per heavy atom. The molecule has 2 fully saturated rings. The Balaban J connectivity index is 1.93. The molecular weight excluding hydrogens is 274 g/mol. The molecule has 4 nitrogen and oxygen atoms in total. The van der Waals surface area contributed by atoms with E-state index in [1.165, 1.54) is 6.42 Å². The fourth-order valence-electron chi connectivity index (χ4n) is 4.75. The SMILES string of the molecule is CNCC(C)(C)CC(C)(C)N1CCC2(CCCC(=O)N2)CC1. The Kier molecular flexibility index (Phi) is 5.23. The van der Waals surface area contributed by atoms with E-state index in [2.05, 4.69) is 43.2 Å². The molecule has 0 radical (unpaired) electrons. The van der Waals surface area contributed by atoms with E-state index in [9.17, 15) is 4.79 Å². The first-order valence-corrected chi connectivity index (χ1v) is 8.89. The van der Waals surface area contributed by atoms with Crippen molar-refractivity contribution in [1.82, 2.24) is 15.5 Å². The van der Waals surface area contributed by atoms with Crippen molar-refractivity contribution in [2.75, 3.05) is 26.7 Å². The van der Waals surface area contributed by atoms with Gasteiger partial charge in [0.2, 0.25) is 5.91 Å². The number of nitrogens with zero attached hydrogens (tertiary/aromatic N) is 1. The van der Waals surface area contributed by atoms with Gasteiger partial charge in [0, 0.05) is 37.1 Å². The number of hydrogen-bond acceptors (Lipinski definition) is 3. The van der Waals surface area contributed by atoms with Crippen molar-refractivity contribution >= 4 is 5.91 Å². The number of nitrogens with one attached hydrogen (secondary N) is 2. The molecule has 0 aromatic rings. The summed E-state index contributed by atoms with van der Waals surface area (Å²) in [6, 6.07) is 0. The number of amides is 1. The zero-order chi connectivity index (χ0) is 16.4. The van der Waals surface area contributed by atoms with Crippen LogP contribution in [0.5, 0.6) is 0 Å². The standard InChI is InChI=1S/C18H35N3O/c1-16(2,14-19-5)13-17(3,4)21-11-9-18(10-12-21)8-6-7-15(22)20-18/h19H,6-14H2,1-5H3,(H,20,22). The van der Waals surface area contributed by atoms with E-state index in [-0.39, 0.29) is 17.0 Å². The molecule has 128 valence electrons. The predicted molar refractivity (Wildman–Crippen MR) is 91.9 cm³/mol. The number of carbonyl (C=O) groups is 1. The van der Waals surface area contributed by atoms with Crippen LogP contribution >= 0.6 is 0 Å². The minimum atomic E-state index is 0.0996. The highest BCUT2D eigenvalue weighted by molar-refractivity contribution is 5.77. The van der Waals surface area contributed by atoms with Gasteiger partial charge in [0.05, 0.1) is 0 Å². The van der Waals surface area contributed by atoms with Crippen molar-refractivity contribution in [2.24, 2.45) is 5.41 Å². The van der Waals surface area contributed by atoms with E-state index in [0.717, 1.165) is 51.7 Å². The zero-order valence-corrected chi connectivity index (χ0v) is 15.2. The van der Waals surface area contributed by atoms with Gasteiger partial charge in [-0.15, -0.1) is 0 Å². The lowest BCUT2D eigenvalue weighted by Gasteiger charge is -2.51. The Morgan fingerprint density at radius 3 is 2.36 bits per heavy atom. The predicted octanol–water partition coefficient (Wildman–Crippen LogP) is 2.54. The number of carbonyl (C=O) groups excluding carboxylic acids is 1. The van der Waals surface area contributed by atoms with Crippen LogP contribution in [0.4, 0.5) is 0 Å². The van der Waals surface area contributed by atoms with E-state index in [1.54, 1.807) is 0 Å². The molecule has 2 aliphatic heterocycles. The van der Waals surface area contributed by atoms with Crippen molar-refractivity contribution in [3.8, 4) is 0 Å². The van der Waals surface area contributed by atoms with Gasteiger partial charge >= 0.3 is 0 Å². The van der Waals surface area contributed by atoms with Gasteiger partial charge in [-0.3, -0.25) is 9.69 Å². The minimum absolute atomic E-state index is 0.0996. The maximum absolute atomic E-state index is 11.7. The quantitative estimate of drug-likeness (QED) is 0.820. The Bertz CT molecular complexity index is 395. The largest absolute Gasteiger partial charge is 0.351 e. The molecule has 2 aliphatic rings. The molecular formula is C18H35N3O. The first-order valence-electron chi connectivity index (χ1n) is 8.89. The first-order chi connectivity index (χ1) is 10.2. The van der Waals surface area contributed by atoms with Gasteiger partial charge in [0.1, 0.15) is 0 Å². The van der Waals surface area contributed by atoms with Crippen LogP contribution in [0.1, 0.15) is 66.2 Å². The summed E-state index contributed by atoms with van der Waals surface area (Å²) in [4.78, 5) is 14.4. The molecule has 0 unspecified atom stereocenters. The average Bonchev–Trinajstić information content (AvgIpc) is 2.37. The highest BCUT2D eigenvalue weighted by Gasteiger charge is 2.42. The Labute approximate surface area is 136 Å². The topological polar surface area (TPSA) is 44.4 Å². The molecule has 1 spiro atoms. The molecule has 0 aromatic heterocycles. The lowest BCUT2D eigenvalue weighted by Crippen LogP contribution is -2.60. The van der Waals surface area contributed by atoms with Crippen LogP contribution in [0.2, 0.25) is 0 Å². The Morgan fingerprint density at radius 2 is 1.82 bits per heavy atom. The second kappa shape index (κ2) is 6.48. The van der Waals surface area contributed by atoms with E-state index in [0.29, 0.717) is 5.41 Å². The van der Waals surface area contributed by atoms with Crippen molar-refractivity contribution in [2.45, 2.75) is 77.3 Å². The number of likely N-dealkylation sites (tertiary alicyclic amines) is 1. The van der Waals surface area contributed by atoms with Gasteiger partial charge in [0.25, 0.3) is 0 Å². The summed E-state index contributed by atoms with van der Waals surface area (Å²) >= 11 is 0. The maximum Gasteiger partial charge on any atom is 0.220 e. The first kappa shape index (κ1) is 17.7. The molecule has 1 amide bonds. The summed E-state index contributed by atoms with van der Waals surface area (Å²) in [7, 11) is 2.03. The van der Waals surface area contributed by atoms with Crippen molar-refractivity contribution in [1.29, 1.82) is 0 Å². The third-order valence-corrected chi connectivity index (χ3v) is 5.61. The van der Waals surface area contributed by atoms with Crippen LogP contribution in [0.25, 0.3) is 0 Å². The molecule has 0 bridgehead atoms. The third kappa shape index (κ3) is 4.23. The lowest BCUT2D eigenvalue weighted by molar-refractivity contribution is -0.126. The zero-order valence-electron chi connectivity index (χ0n) is 15.2. The van der Waals surface area contributed by atoms with Crippen LogP contribution in [-0.2, 0) is 4.79 Å². The van der Waals surface area contributed by atoms with Gasteiger partial charge < -0.3 is 10.6 Å². The summed E-state index contributed by atoms with van der Waals surface area (Å²) in [5.74, 6) is 0.258. The molecule has 0 aliphatic carbocycles. The van der Waals surface area contributed by atoms with Gasteiger partial charge in [-0.05, 0) is 58.4 Å². The van der Waals surface area contributed by atoms with Crippen molar-refractivity contribution in [3.05, 3.63) is 0 Å². The summed E-state index contributed by atoms with van der Waals surface area (Å²) < 4.78 is 0. The summed E-state index contributed by atoms with van der Waals surface area (Å²) in [5.41, 5.74) is 0.607. The highest BCUT2D eigenvalue weighted by Crippen LogP contribution is 2.37. The molecule has 2 heterocycles. The van der Waals surface area contributed by atoms with Gasteiger partial charge in [-0.25, -0.2) is 0 Å². The molecule has 0 aromatic carbocycles. The monoisotopic (exact) mass is 309 g/mol. The van der Waals surface area contributed by atoms with E-state index >= 15 is 0 Å². The number of piperidine rings is 2. The fraction of sp³-hybridized carbons (Fsp3) is 0.944. The maximum atomic E-state index is 11.7. The van der Waals surface area contributed by atoms with Crippen molar-refractivity contribution < 1.29 is 4.79 Å². The second-order valence-electron chi connectivity index (χ2n) is 8.85. The number of rotatable bonds is 5. The lowest BCUT2D eigenvalue weighted by atomic mass is 9.75. The number of hydrogen-bond donors (Lipinski definition) is 2. The third-order valence-electron chi connectivity index (χ3n) is 5.61. The normalized spacial score (nSPS) is 23.6. The summed E-state index contributed by atoms with van der Waals surface area (Å²) in [6.45, 7) is 12.7. The molecule has 2 rings (SSSR count). The smallest absolute Gasteiger partial charge is 0.220 e. The van der Waals surface area contributed by atoms with Crippen LogP contribution in [0.15, 0.2) is 0 Å². The van der Waals surface area contributed by atoms with Crippen LogP contribution < -0.4 is 10.6 Å². The highest BCUT2D eigenvalue weighted by atomic mass is 16.1. The van der Waals surface area contributed by atoms with Gasteiger partial charge in [0.15, 0.2) is 0 Å². The Hall–Kier alpha value is -0.610. The fourth-order valence-corrected chi connectivity index (χ4v) is 4.75. The van der Waals surface area contributed by atoms with Gasteiger partial charge in [-0.2, -0.15) is 0 Å². The molecule has 4 heteroatoms. The van der Waals surface area contributed by atoms with Crippen LogP contribution in [-0.4, -0.2) is 48.6 Å². The molecule has 2 saturated heterocycles. The van der Waals surface area contributed by atoms with E-state index in [4.69, 9.17) is 0 Å². The molecule has 22 heavy (non-hydrogen) atoms. The molecule has 2 N–H and O–H groups in total. The van der Waals surface area contributed by atoms with Gasteiger partial charge in [-0.1, -0.05) is 13.8 Å². The second-order valence-corrected chi connectivity index (χ2v) is 8.85. The van der Waals surface area contributed by atoms with E-state index in [1.807, 2.05) is 7.05 Å². The van der Waals surface area contributed by atoms with Crippen LogP contribution in [0.3, 0.4) is 0 Å².